The Kier molecular flexibility index (Phi) is 7.09. The second-order valence-corrected chi connectivity index (χ2v) is 8.60. The normalized spacial score (nSPS) is 12.2. The Balaban J connectivity index is 1.30. The highest BCUT2D eigenvalue weighted by Crippen LogP contribution is 2.44. The first-order valence-electron chi connectivity index (χ1n) is 11.3. The lowest BCUT2D eigenvalue weighted by Gasteiger charge is -2.24. The van der Waals surface area contributed by atoms with E-state index < -0.39 is 12.1 Å². The van der Waals surface area contributed by atoms with Crippen LogP contribution in [0.1, 0.15) is 36.6 Å². The van der Waals surface area contributed by atoms with E-state index in [1.54, 1.807) is 13.8 Å². The fraction of sp³-hybridized carbons (Fsp3) is 0.320. The number of hydrogen-bond donors (Lipinski definition) is 2. The molecule has 0 saturated carbocycles. The number of carboxylic acid groups (broad SMARTS) is 1. The van der Waals surface area contributed by atoms with Gasteiger partial charge in [0.2, 0.25) is 5.91 Å². The molecule has 10 nitrogen and oxygen atoms in total. The van der Waals surface area contributed by atoms with Crippen molar-refractivity contribution in [1.82, 2.24) is 25.2 Å². The van der Waals surface area contributed by atoms with Gasteiger partial charge in [-0.25, -0.2) is 9.48 Å². The number of rotatable bonds is 9. The summed E-state index contributed by atoms with van der Waals surface area (Å²) >= 11 is 0. The van der Waals surface area contributed by atoms with Gasteiger partial charge in [-0.05, 0) is 36.1 Å². The number of nitrogens with one attached hydrogen (secondary N) is 1. The van der Waals surface area contributed by atoms with Gasteiger partial charge in [0.25, 0.3) is 0 Å². The van der Waals surface area contributed by atoms with Crippen molar-refractivity contribution >= 4 is 18.0 Å². The molecule has 35 heavy (non-hydrogen) atoms. The summed E-state index contributed by atoms with van der Waals surface area (Å²) in [4.78, 5) is 37.0. The summed E-state index contributed by atoms with van der Waals surface area (Å²) in [7, 11) is 0. The molecule has 2 N–H and O–H groups in total. The van der Waals surface area contributed by atoms with Crippen LogP contribution in [0.5, 0.6) is 0 Å². The Labute approximate surface area is 202 Å². The van der Waals surface area contributed by atoms with Crippen LogP contribution in [0.4, 0.5) is 4.79 Å². The minimum Gasteiger partial charge on any atom is -0.480 e. The predicted octanol–water partition coefficient (Wildman–Crippen LogP) is 2.64. The molecule has 1 heterocycles. The molecule has 0 unspecified atom stereocenters. The van der Waals surface area contributed by atoms with Crippen molar-refractivity contribution < 1.29 is 24.2 Å². The Morgan fingerprint density at radius 2 is 1.71 bits per heavy atom. The van der Waals surface area contributed by atoms with Crippen molar-refractivity contribution in [3.05, 3.63) is 71.5 Å². The summed E-state index contributed by atoms with van der Waals surface area (Å²) in [5.74, 6) is -1.50. The van der Waals surface area contributed by atoms with Crippen LogP contribution in [-0.2, 0) is 27.4 Å². The van der Waals surface area contributed by atoms with E-state index in [-0.39, 0.29) is 44.1 Å². The number of alkyl carbamates (subject to hydrolysis) is 1. The minimum absolute atomic E-state index is 0.0326. The van der Waals surface area contributed by atoms with Gasteiger partial charge in [0, 0.05) is 12.0 Å². The molecule has 0 spiro atoms. The molecule has 0 bridgehead atoms. The number of benzene rings is 2. The molecule has 1 aliphatic rings. The average molecular weight is 478 g/mol. The largest absolute Gasteiger partial charge is 0.480 e. The Bertz CT molecular complexity index is 1190. The Morgan fingerprint density at radius 1 is 1.09 bits per heavy atom. The number of aromatic nitrogens is 3. The molecule has 182 valence electrons. The van der Waals surface area contributed by atoms with E-state index in [0.717, 1.165) is 22.3 Å². The van der Waals surface area contributed by atoms with Gasteiger partial charge in [0.05, 0.1) is 12.7 Å². The summed E-state index contributed by atoms with van der Waals surface area (Å²) in [6.07, 6.45) is 0.950. The molecule has 4 rings (SSSR count). The SMILES string of the molecule is CC(C)N(CC(=O)O)C(=O)Cn1cc(CNC(=O)OCC2c3ccccc3-c3ccccc32)nn1. The van der Waals surface area contributed by atoms with Crippen LogP contribution in [0.2, 0.25) is 0 Å². The van der Waals surface area contributed by atoms with Crippen LogP contribution in [0.3, 0.4) is 0 Å². The fourth-order valence-corrected chi connectivity index (χ4v) is 4.24. The summed E-state index contributed by atoms with van der Waals surface area (Å²) < 4.78 is 6.82. The number of carboxylic acids is 1. The van der Waals surface area contributed by atoms with Crippen molar-refractivity contribution in [2.45, 2.75) is 38.9 Å². The smallest absolute Gasteiger partial charge is 0.407 e. The van der Waals surface area contributed by atoms with E-state index in [0.29, 0.717) is 5.69 Å². The maximum absolute atomic E-state index is 12.4. The van der Waals surface area contributed by atoms with E-state index in [2.05, 4.69) is 39.9 Å². The highest BCUT2D eigenvalue weighted by atomic mass is 16.5. The van der Waals surface area contributed by atoms with Crippen molar-refractivity contribution in [3.8, 4) is 11.1 Å². The van der Waals surface area contributed by atoms with Crippen molar-refractivity contribution in [3.63, 3.8) is 0 Å². The summed E-state index contributed by atoms with van der Waals surface area (Å²) in [5.41, 5.74) is 5.02. The van der Waals surface area contributed by atoms with Gasteiger partial charge >= 0.3 is 12.1 Å². The van der Waals surface area contributed by atoms with E-state index in [9.17, 15) is 14.4 Å². The molecule has 1 aliphatic carbocycles. The molecule has 2 aromatic carbocycles. The first-order valence-corrected chi connectivity index (χ1v) is 11.3. The number of nitrogens with zero attached hydrogens (tertiary/aromatic N) is 4. The lowest BCUT2D eigenvalue weighted by molar-refractivity contribution is -0.146. The molecule has 0 saturated heterocycles. The summed E-state index contributed by atoms with van der Waals surface area (Å²) in [6, 6.07) is 15.9. The fourth-order valence-electron chi connectivity index (χ4n) is 4.24. The Hall–Kier alpha value is -4.21. The zero-order valence-corrected chi connectivity index (χ0v) is 19.5. The minimum atomic E-state index is -1.08. The molecule has 3 aromatic rings. The third-order valence-corrected chi connectivity index (χ3v) is 5.89. The monoisotopic (exact) mass is 477 g/mol. The third-order valence-electron chi connectivity index (χ3n) is 5.89. The predicted molar refractivity (Wildman–Crippen MR) is 126 cm³/mol. The van der Waals surface area contributed by atoms with Gasteiger partial charge in [-0.1, -0.05) is 53.7 Å². The van der Waals surface area contributed by atoms with Gasteiger partial charge in [0.1, 0.15) is 25.4 Å². The maximum Gasteiger partial charge on any atom is 0.407 e. The van der Waals surface area contributed by atoms with Crippen LogP contribution in [0, 0.1) is 0 Å². The first kappa shape index (κ1) is 23.9. The van der Waals surface area contributed by atoms with Crippen LogP contribution < -0.4 is 5.32 Å². The van der Waals surface area contributed by atoms with Crippen LogP contribution in [0.15, 0.2) is 54.7 Å². The van der Waals surface area contributed by atoms with Crippen molar-refractivity contribution in [2.24, 2.45) is 0 Å². The third kappa shape index (κ3) is 5.48. The van der Waals surface area contributed by atoms with Crippen LogP contribution >= 0.6 is 0 Å². The Morgan fingerprint density at radius 3 is 2.31 bits per heavy atom. The first-order chi connectivity index (χ1) is 16.8. The van der Waals surface area contributed by atoms with Gasteiger partial charge in [-0.15, -0.1) is 5.10 Å². The van der Waals surface area contributed by atoms with Crippen LogP contribution in [-0.4, -0.2) is 62.2 Å². The van der Waals surface area contributed by atoms with Gasteiger partial charge in [-0.2, -0.15) is 0 Å². The van der Waals surface area contributed by atoms with Gasteiger partial charge in [-0.3, -0.25) is 9.59 Å². The van der Waals surface area contributed by atoms with Crippen molar-refractivity contribution in [2.75, 3.05) is 13.2 Å². The lowest BCUT2D eigenvalue weighted by atomic mass is 9.98. The number of ether oxygens (including phenoxy) is 1. The van der Waals surface area contributed by atoms with Crippen molar-refractivity contribution in [1.29, 1.82) is 0 Å². The molecule has 0 atom stereocenters. The summed E-state index contributed by atoms with van der Waals surface area (Å²) in [6.45, 7) is 3.23. The molecular formula is C25H27N5O5. The van der Waals surface area contributed by atoms with E-state index in [1.165, 1.54) is 15.8 Å². The number of fused-ring (bicyclic) bond motifs is 3. The zero-order chi connectivity index (χ0) is 24.9. The standard InChI is InChI=1S/C25H27N5O5/c1-16(2)30(14-24(32)33)23(31)13-29-12-17(27-28-29)11-26-25(34)35-15-22-20-9-5-3-7-18(20)19-8-4-6-10-21(19)22/h3-10,12,16,22H,11,13-15H2,1-2H3,(H,26,34)(H,32,33). The maximum atomic E-state index is 12.4. The molecule has 0 radical (unpaired) electrons. The topological polar surface area (TPSA) is 127 Å². The highest BCUT2D eigenvalue weighted by molar-refractivity contribution is 5.81. The van der Waals surface area contributed by atoms with E-state index in [1.807, 2.05) is 24.3 Å². The second-order valence-electron chi connectivity index (χ2n) is 8.60. The molecule has 0 fully saturated rings. The second kappa shape index (κ2) is 10.4. The zero-order valence-electron chi connectivity index (χ0n) is 19.5. The number of hydrogen-bond acceptors (Lipinski definition) is 6. The quantitative estimate of drug-likeness (QED) is 0.485. The van der Waals surface area contributed by atoms with E-state index >= 15 is 0 Å². The number of aliphatic carboxylic acids is 1. The number of amides is 2. The molecule has 1 aromatic heterocycles. The summed E-state index contributed by atoms with van der Waals surface area (Å²) in [5, 5.41) is 19.5. The molecule has 2 amide bonds. The van der Waals surface area contributed by atoms with Gasteiger partial charge < -0.3 is 20.1 Å². The molecular weight excluding hydrogens is 450 g/mol. The lowest BCUT2D eigenvalue weighted by Crippen LogP contribution is -2.42. The molecule has 0 aliphatic heterocycles. The van der Waals surface area contributed by atoms with E-state index in [4.69, 9.17) is 9.84 Å². The highest BCUT2D eigenvalue weighted by Gasteiger charge is 2.29. The average Bonchev–Trinajstić information content (AvgIpc) is 3.41. The molecule has 10 heteroatoms. The van der Waals surface area contributed by atoms with Crippen LogP contribution in [0.25, 0.3) is 11.1 Å². The number of carbonyl (C=O) groups is 3. The number of carbonyl (C=O) groups excluding carboxylic acids is 2. The van der Waals surface area contributed by atoms with Gasteiger partial charge in [0.15, 0.2) is 0 Å².